The van der Waals surface area contributed by atoms with Crippen LogP contribution in [-0.2, 0) is 12.8 Å². The summed E-state index contributed by atoms with van der Waals surface area (Å²) in [5.41, 5.74) is 0. The lowest BCUT2D eigenvalue weighted by atomic mass is 10.2. The minimum Gasteiger partial charge on any atom is -0.338 e. The minimum atomic E-state index is 0.277. The van der Waals surface area contributed by atoms with Gasteiger partial charge in [0.2, 0.25) is 11.0 Å². The molecule has 2 aromatic heterocycles. The topological polar surface area (TPSA) is 82.5 Å². The number of aryl methyl sites for hydroxylation is 1. The van der Waals surface area contributed by atoms with Crippen LogP contribution in [-0.4, -0.2) is 30.3 Å². The average molecular weight is 240 g/mol. The molecule has 8 heteroatoms. The molecule has 2 aromatic rings. The van der Waals surface area contributed by atoms with E-state index in [1.54, 1.807) is 11.7 Å². The van der Waals surface area contributed by atoms with E-state index in [4.69, 9.17) is 4.52 Å². The van der Waals surface area contributed by atoms with Crippen molar-refractivity contribution >= 4 is 11.8 Å². The Morgan fingerprint density at radius 2 is 2.25 bits per heavy atom. The number of tetrazole rings is 1. The zero-order valence-corrected chi connectivity index (χ0v) is 10.1. The van der Waals surface area contributed by atoms with E-state index in [1.807, 2.05) is 13.8 Å². The summed E-state index contributed by atoms with van der Waals surface area (Å²) in [5, 5.41) is 15.7. The fourth-order valence-corrected chi connectivity index (χ4v) is 1.72. The third-order valence-electron chi connectivity index (χ3n) is 1.91. The van der Waals surface area contributed by atoms with Crippen LogP contribution in [0.4, 0.5) is 0 Å². The van der Waals surface area contributed by atoms with Gasteiger partial charge < -0.3 is 4.52 Å². The molecule has 0 bridgehead atoms. The summed E-state index contributed by atoms with van der Waals surface area (Å²) >= 11 is 1.46. The lowest BCUT2D eigenvalue weighted by Crippen LogP contribution is -1.94. The van der Waals surface area contributed by atoms with Crippen molar-refractivity contribution in [3.8, 4) is 0 Å². The quantitative estimate of drug-likeness (QED) is 0.737. The molecule has 0 amide bonds. The molecular formula is C8H12N6OS. The van der Waals surface area contributed by atoms with E-state index in [0.717, 1.165) is 11.0 Å². The third kappa shape index (κ3) is 2.38. The molecule has 0 aliphatic carbocycles. The molecular weight excluding hydrogens is 228 g/mol. The first-order valence-electron chi connectivity index (χ1n) is 4.84. The van der Waals surface area contributed by atoms with Gasteiger partial charge in [-0.1, -0.05) is 30.8 Å². The van der Waals surface area contributed by atoms with Crippen LogP contribution in [0.1, 0.15) is 31.5 Å². The van der Waals surface area contributed by atoms with Gasteiger partial charge >= 0.3 is 0 Å². The maximum Gasteiger partial charge on any atom is 0.237 e. The standard InChI is InChI=1S/C8H12N6OS/c1-5(2)7-9-6(15-11-7)4-16-8-10-12-13-14(8)3/h5H,4H2,1-3H3. The second-order valence-electron chi connectivity index (χ2n) is 3.57. The highest BCUT2D eigenvalue weighted by Crippen LogP contribution is 2.19. The molecule has 0 aliphatic rings. The fourth-order valence-electron chi connectivity index (χ4n) is 1.03. The van der Waals surface area contributed by atoms with Gasteiger partial charge in [0.05, 0.1) is 5.75 Å². The molecule has 7 nitrogen and oxygen atoms in total. The van der Waals surface area contributed by atoms with Gasteiger partial charge in [0.15, 0.2) is 5.82 Å². The van der Waals surface area contributed by atoms with Crippen LogP contribution in [0.25, 0.3) is 0 Å². The fraction of sp³-hybridized carbons (Fsp3) is 0.625. The van der Waals surface area contributed by atoms with Crippen molar-refractivity contribution in [1.82, 2.24) is 30.3 Å². The average Bonchev–Trinajstić information content (AvgIpc) is 2.83. The maximum atomic E-state index is 5.10. The Bertz CT molecular complexity index is 465. The molecule has 0 aliphatic heterocycles. The van der Waals surface area contributed by atoms with Crippen molar-refractivity contribution in [3.63, 3.8) is 0 Å². The van der Waals surface area contributed by atoms with E-state index in [1.165, 1.54) is 11.8 Å². The number of hydrogen-bond donors (Lipinski definition) is 0. The van der Waals surface area contributed by atoms with Gasteiger partial charge in [0.1, 0.15) is 0 Å². The summed E-state index contributed by atoms with van der Waals surface area (Å²) in [6, 6.07) is 0. The van der Waals surface area contributed by atoms with Crippen molar-refractivity contribution in [3.05, 3.63) is 11.7 Å². The monoisotopic (exact) mass is 240 g/mol. The highest BCUT2D eigenvalue weighted by Gasteiger charge is 2.11. The van der Waals surface area contributed by atoms with Crippen molar-refractivity contribution in [2.75, 3.05) is 0 Å². The number of hydrogen-bond acceptors (Lipinski definition) is 7. The molecule has 0 N–H and O–H groups in total. The molecule has 2 rings (SSSR count). The predicted molar refractivity (Wildman–Crippen MR) is 56.7 cm³/mol. The van der Waals surface area contributed by atoms with Gasteiger partial charge in [-0.3, -0.25) is 0 Å². The first-order chi connectivity index (χ1) is 7.66. The van der Waals surface area contributed by atoms with E-state index in [0.29, 0.717) is 11.6 Å². The van der Waals surface area contributed by atoms with Crippen molar-refractivity contribution < 1.29 is 4.52 Å². The maximum absolute atomic E-state index is 5.10. The molecule has 0 aromatic carbocycles. The van der Waals surface area contributed by atoms with Crippen LogP contribution >= 0.6 is 11.8 Å². The number of thioether (sulfide) groups is 1. The van der Waals surface area contributed by atoms with Crippen LogP contribution < -0.4 is 0 Å². The summed E-state index contributed by atoms with van der Waals surface area (Å²) in [5.74, 6) is 2.18. The van der Waals surface area contributed by atoms with E-state index in [-0.39, 0.29) is 5.92 Å². The first kappa shape index (κ1) is 11.1. The predicted octanol–water partition coefficient (Wildman–Crippen LogP) is 1.01. The molecule has 2 heterocycles. The van der Waals surface area contributed by atoms with Crippen LogP contribution in [0.3, 0.4) is 0 Å². The van der Waals surface area contributed by atoms with Gasteiger partial charge in [-0.25, -0.2) is 4.68 Å². The normalized spacial score (nSPS) is 11.2. The van der Waals surface area contributed by atoms with E-state index >= 15 is 0 Å². The largest absolute Gasteiger partial charge is 0.338 e. The Morgan fingerprint density at radius 3 is 2.81 bits per heavy atom. The summed E-state index contributed by atoms with van der Waals surface area (Å²) in [6.45, 7) is 4.04. The third-order valence-corrected chi connectivity index (χ3v) is 2.90. The van der Waals surface area contributed by atoms with E-state index in [9.17, 15) is 0 Å². The summed E-state index contributed by atoms with van der Waals surface area (Å²) in [4.78, 5) is 4.26. The number of aromatic nitrogens is 6. The zero-order chi connectivity index (χ0) is 11.5. The Kier molecular flexibility index (Phi) is 3.18. The molecule has 0 fully saturated rings. The Labute approximate surface area is 96.6 Å². The second kappa shape index (κ2) is 4.60. The second-order valence-corrected chi connectivity index (χ2v) is 4.52. The SMILES string of the molecule is CC(C)c1noc(CSc2nnnn2C)n1. The summed E-state index contributed by atoms with van der Waals surface area (Å²) in [7, 11) is 1.79. The molecule has 0 saturated carbocycles. The molecule has 0 radical (unpaired) electrons. The first-order valence-corrected chi connectivity index (χ1v) is 5.83. The molecule has 0 unspecified atom stereocenters. The van der Waals surface area contributed by atoms with Crippen molar-refractivity contribution in [2.24, 2.45) is 7.05 Å². The zero-order valence-electron chi connectivity index (χ0n) is 9.28. The Morgan fingerprint density at radius 1 is 1.44 bits per heavy atom. The highest BCUT2D eigenvalue weighted by molar-refractivity contribution is 7.98. The van der Waals surface area contributed by atoms with Gasteiger partial charge in [-0.05, 0) is 10.4 Å². The van der Waals surface area contributed by atoms with Crippen LogP contribution in [0.2, 0.25) is 0 Å². The molecule has 86 valence electrons. The Balaban J connectivity index is 1.97. The Hall–Kier alpha value is -1.44. The van der Waals surface area contributed by atoms with Gasteiger partial charge in [-0.15, -0.1) is 5.10 Å². The number of rotatable bonds is 4. The summed E-state index contributed by atoms with van der Waals surface area (Å²) in [6.07, 6.45) is 0. The smallest absolute Gasteiger partial charge is 0.237 e. The van der Waals surface area contributed by atoms with Crippen LogP contribution in [0, 0.1) is 0 Å². The van der Waals surface area contributed by atoms with Crippen molar-refractivity contribution in [2.45, 2.75) is 30.7 Å². The van der Waals surface area contributed by atoms with Crippen LogP contribution in [0.15, 0.2) is 9.68 Å². The number of nitrogens with zero attached hydrogens (tertiary/aromatic N) is 6. The summed E-state index contributed by atoms with van der Waals surface area (Å²) < 4.78 is 6.71. The lowest BCUT2D eigenvalue weighted by molar-refractivity contribution is 0.382. The van der Waals surface area contributed by atoms with Gasteiger partial charge in [0.25, 0.3) is 0 Å². The van der Waals surface area contributed by atoms with Crippen LogP contribution in [0.5, 0.6) is 0 Å². The molecule has 0 saturated heterocycles. The molecule has 0 atom stereocenters. The molecule has 16 heavy (non-hydrogen) atoms. The van der Waals surface area contributed by atoms with E-state index in [2.05, 4.69) is 25.7 Å². The highest BCUT2D eigenvalue weighted by atomic mass is 32.2. The lowest BCUT2D eigenvalue weighted by Gasteiger charge is -1.94. The van der Waals surface area contributed by atoms with E-state index < -0.39 is 0 Å². The van der Waals surface area contributed by atoms with Gasteiger partial charge in [-0.2, -0.15) is 4.98 Å². The van der Waals surface area contributed by atoms with Crippen molar-refractivity contribution in [1.29, 1.82) is 0 Å². The van der Waals surface area contributed by atoms with Gasteiger partial charge in [0, 0.05) is 13.0 Å². The minimum absolute atomic E-state index is 0.277. The molecule has 0 spiro atoms.